The van der Waals surface area contributed by atoms with E-state index in [-0.39, 0.29) is 0 Å². The van der Waals surface area contributed by atoms with Gasteiger partial charge in [0.1, 0.15) is 0 Å². The maximum atomic E-state index is 12.8. The second-order valence-electron chi connectivity index (χ2n) is 7.03. The second-order valence-corrected chi connectivity index (χ2v) is 9.32. The van der Waals surface area contributed by atoms with Crippen LogP contribution in [0.5, 0.6) is 0 Å². The number of aryl methyl sites for hydroxylation is 1. The van der Waals surface area contributed by atoms with Crippen LogP contribution in [0.2, 0.25) is 0 Å². The summed E-state index contributed by atoms with van der Waals surface area (Å²) in [5.41, 5.74) is 1.85. The Morgan fingerprint density at radius 3 is 2.41 bits per heavy atom. The zero-order chi connectivity index (χ0) is 20.4. The van der Waals surface area contributed by atoms with E-state index in [0.717, 1.165) is 11.1 Å². The van der Waals surface area contributed by atoms with Gasteiger partial charge in [0.15, 0.2) is 6.67 Å². The normalized spacial score (nSPS) is 16.2. The van der Waals surface area contributed by atoms with Crippen molar-refractivity contribution in [3.8, 4) is 11.5 Å². The van der Waals surface area contributed by atoms with Crippen molar-refractivity contribution in [2.75, 3.05) is 26.2 Å². The van der Waals surface area contributed by atoms with E-state index in [1.165, 1.54) is 4.90 Å². The average Bonchev–Trinajstić information content (AvgIpc) is 3.10. The molecule has 3 aromatic rings. The first-order chi connectivity index (χ1) is 13.9. The molecule has 2 aromatic heterocycles. The molecule has 1 saturated heterocycles. The van der Waals surface area contributed by atoms with E-state index in [4.69, 9.17) is 16.6 Å². The molecule has 4 rings (SSSR count). The minimum Gasteiger partial charge on any atom is -0.409 e. The maximum absolute atomic E-state index is 12.8. The third-order valence-corrected chi connectivity index (χ3v) is 7.20. The molecule has 1 aromatic carbocycles. The monoisotopic (exact) mass is 432 g/mol. The highest BCUT2D eigenvalue weighted by Crippen LogP contribution is 2.17. The van der Waals surface area contributed by atoms with Crippen molar-refractivity contribution in [2.45, 2.75) is 18.5 Å². The van der Waals surface area contributed by atoms with Crippen molar-refractivity contribution in [1.82, 2.24) is 19.1 Å². The van der Waals surface area contributed by atoms with Crippen LogP contribution in [0.1, 0.15) is 5.56 Å². The van der Waals surface area contributed by atoms with Gasteiger partial charge in [-0.25, -0.2) is 8.42 Å². The number of pyridine rings is 1. The van der Waals surface area contributed by atoms with Crippen LogP contribution in [0.3, 0.4) is 0 Å². The summed E-state index contributed by atoms with van der Waals surface area (Å²) in [6, 6.07) is 10.6. The number of quaternary nitrogens is 1. The van der Waals surface area contributed by atoms with Gasteiger partial charge >= 0.3 is 0 Å². The molecular weight excluding hydrogens is 410 g/mol. The number of nitrogens with zero attached hydrogens (tertiary/aromatic N) is 4. The standard InChI is InChI=1S/C19H21N5O3S2/c1-15-2-4-17(5-3-15)29(25,26)23-12-10-22(11-13-23)14-24-19(28)27-18(21-24)16-6-8-20-9-7-16/h2-9H,10-14H2,1H3/p+1. The summed E-state index contributed by atoms with van der Waals surface area (Å²) in [5.74, 6) is 0.456. The average molecular weight is 433 g/mol. The molecule has 3 heterocycles. The fourth-order valence-corrected chi connectivity index (χ4v) is 4.92. The highest BCUT2D eigenvalue weighted by molar-refractivity contribution is 7.89. The minimum atomic E-state index is -3.46. The van der Waals surface area contributed by atoms with E-state index >= 15 is 0 Å². The minimum absolute atomic E-state index is 0.305. The van der Waals surface area contributed by atoms with E-state index in [1.807, 2.05) is 31.2 Å². The Morgan fingerprint density at radius 1 is 1.10 bits per heavy atom. The first-order valence-corrected chi connectivity index (χ1v) is 11.2. The maximum Gasteiger partial charge on any atom is 0.292 e. The van der Waals surface area contributed by atoms with Crippen LogP contribution in [0, 0.1) is 11.8 Å². The number of piperazine rings is 1. The van der Waals surface area contributed by atoms with Crippen LogP contribution in [-0.2, 0) is 16.7 Å². The molecule has 152 valence electrons. The Bertz CT molecular complexity index is 1130. The van der Waals surface area contributed by atoms with Gasteiger partial charge in [-0.05, 0) is 43.4 Å². The largest absolute Gasteiger partial charge is 0.409 e. The van der Waals surface area contributed by atoms with Crippen LogP contribution < -0.4 is 4.90 Å². The van der Waals surface area contributed by atoms with Crippen LogP contribution >= 0.6 is 12.2 Å². The van der Waals surface area contributed by atoms with Crippen LogP contribution in [0.4, 0.5) is 0 Å². The Balaban J connectivity index is 1.41. The molecule has 10 heteroatoms. The first kappa shape index (κ1) is 19.9. The Labute approximate surface area is 174 Å². The molecule has 0 spiro atoms. The lowest BCUT2D eigenvalue weighted by molar-refractivity contribution is -0.927. The molecule has 1 fully saturated rings. The van der Waals surface area contributed by atoms with Crippen molar-refractivity contribution in [2.24, 2.45) is 0 Å². The molecule has 0 amide bonds. The fraction of sp³-hybridized carbons (Fsp3) is 0.316. The van der Waals surface area contributed by atoms with Gasteiger partial charge in [0.25, 0.3) is 4.84 Å². The van der Waals surface area contributed by atoms with Gasteiger partial charge in [-0.2, -0.15) is 8.99 Å². The Kier molecular flexibility index (Phi) is 5.59. The van der Waals surface area contributed by atoms with E-state index < -0.39 is 10.0 Å². The highest BCUT2D eigenvalue weighted by atomic mass is 32.2. The highest BCUT2D eigenvalue weighted by Gasteiger charge is 2.30. The van der Waals surface area contributed by atoms with Gasteiger partial charge in [-0.3, -0.25) is 4.98 Å². The number of sulfonamides is 1. The molecule has 8 nitrogen and oxygen atoms in total. The summed E-state index contributed by atoms with van der Waals surface area (Å²) < 4.78 is 34.5. The third kappa shape index (κ3) is 4.30. The Hall–Kier alpha value is -2.40. The second kappa shape index (κ2) is 8.15. The molecule has 1 N–H and O–H groups in total. The summed E-state index contributed by atoms with van der Waals surface area (Å²) in [4.78, 5) is 5.83. The molecule has 0 unspecified atom stereocenters. The van der Waals surface area contributed by atoms with Gasteiger partial charge in [0.05, 0.1) is 31.1 Å². The van der Waals surface area contributed by atoms with Crippen LogP contribution in [0.15, 0.2) is 58.1 Å². The number of hydrogen-bond donors (Lipinski definition) is 1. The first-order valence-electron chi connectivity index (χ1n) is 9.32. The molecule has 0 aliphatic carbocycles. The molecule has 1 aliphatic rings. The fourth-order valence-electron chi connectivity index (χ4n) is 3.29. The molecule has 1 aliphatic heterocycles. The number of hydrogen-bond acceptors (Lipinski definition) is 6. The lowest BCUT2D eigenvalue weighted by Gasteiger charge is -2.31. The predicted octanol–water partition coefficient (Wildman–Crippen LogP) is 1.12. The molecule has 0 atom stereocenters. The number of aromatic nitrogens is 3. The number of nitrogens with one attached hydrogen (secondary N) is 1. The molecule has 29 heavy (non-hydrogen) atoms. The van der Waals surface area contributed by atoms with Crippen LogP contribution in [0.25, 0.3) is 11.5 Å². The van der Waals surface area contributed by atoms with Crippen molar-refractivity contribution < 1.29 is 17.7 Å². The summed E-state index contributed by atoms with van der Waals surface area (Å²) in [5, 5.41) is 4.46. The lowest BCUT2D eigenvalue weighted by Crippen LogP contribution is -3.14. The van der Waals surface area contributed by atoms with Gasteiger partial charge < -0.3 is 9.32 Å². The van der Waals surface area contributed by atoms with Crippen molar-refractivity contribution in [1.29, 1.82) is 0 Å². The number of benzene rings is 1. The van der Waals surface area contributed by atoms with E-state index in [2.05, 4.69) is 10.1 Å². The molecule has 0 bridgehead atoms. The molecule has 0 radical (unpaired) electrons. The van der Waals surface area contributed by atoms with E-state index in [0.29, 0.717) is 48.5 Å². The van der Waals surface area contributed by atoms with E-state index in [1.54, 1.807) is 33.5 Å². The third-order valence-electron chi connectivity index (χ3n) is 5.00. The topological polar surface area (TPSA) is 85.7 Å². The lowest BCUT2D eigenvalue weighted by atomic mass is 10.2. The quantitative estimate of drug-likeness (QED) is 0.609. The van der Waals surface area contributed by atoms with E-state index in [9.17, 15) is 8.42 Å². The van der Waals surface area contributed by atoms with Gasteiger partial charge in [-0.15, -0.1) is 5.10 Å². The smallest absolute Gasteiger partial charge is 0.292 e. The number of rotatable bonds is 5. The SMILES string of the molecule is Cc1ccc(S(=O)(=O)N2CC[NH+](Cn3nc(-c4ccncc4)oc3=S)CC2)cc1. The zero-order valence-electron chi connectivity index (χ0n) is 16.0. The molecule has 0 saturated carbocycles. The van der Waals surface area contributed by atoms with Crippen molar-refractivity contribution in [3.05, 3.63) is 59.2 Å². The summed E-state index contributed by atoms with van der Waals surface area (Å²) in [6.07, 6.45) is 3.35. The van der Waals surface area contributed by atoms with Gasteiger partial charge in [0, 0.05) is 18.0 Å². The molecular formula is C19H22N5O3S2+. The Morgan fingerprint density at radius 2 is 1.76 bits per heavy atom. The summed E-state index contributed by atoms with van der Waals surface area (Å²) >= 11 is 5.30. The van der Waals surface area contributed by atoms with Crippen molar-refractivity contribution >= 4 is 22.2 Å². The predicted molar refractivity (Wildman–Crippen MR) is 109 cm³/mol. The van der Waals surface area contributed by atoms with Crippen molar-refractivity contribution in [3.63, 3.8) is 0 Å². The van der Waals surface area contributed by atoms with Gasteiger partial charge in [0.2, 0.25) is 15.9 Å². The summed E-state index contributed by atoms with van der Waals surface area (Å²) in [7, 11) is -3.46. The summed E-state index contributed by atoms with van der Waals surface area (Å²) in [6.45, 7) is 4.72. The zero-order valence-corrected chi connectivity index (χ0v) is 17.6. The van der Waals surface area contributed by atoms with Crippen LogP contribution in [-0.4, -0.2) is 53.7 Å². The van der Waals surface area contributed by atoms with Gasteiger partial charge in [-0.1, -0.05) is 17.7 Å².